The topological polar surface area (TPSA) is 58.2 Å². The van der Waals surface area contributed by atoms with Crippen LogP contribution in [0.25, 0.3) is 0 Å². The lowest BCUT2D eigenvalue weighted by Gasteiger charge is -2.17. The molecule has 0 saturated heterocycles. The van der Waals surface area contributed by atoms with E-state index in [2.05, 4.69) is 10.6 Å². The van der Waals surface area contributed by atoms with Crippen LogP contribution in [0.5, 0.6) is 0 Å². The Bertz CT molecular complexity index is 815. The van der Waals surface area contributed by atoms with Gasteiger partial charge in [-0.1, -0.05) is 59.1 Å². The SMILES string of the molecule is O=C(NCc1ccccc1Cl)C1(C(=O)Nc2c(Cl)cccc2Cl)CC1. The summed E-state index contributed by atoms with van der Waals surface area (Å²) in [6.45, 7) is 0.264. The number of hydrogen-bond donors (Lipinski definition) is 2. The van der Waals surface area contributed by atoms with Gasteiger partial charge in [-0.25, -0.2) is 0 Å². The predicted molar refractivity (Wildman–Crippen MR) is 100 cm³/mol. The first-order chi connectivity index (χ1) is 11.9. The summed E-state index contributed by atoms with van der Waals surface area (Å²) < 4.78 is 0. The molecule has 0 heterocycles. The van der Waals surface area contributed by atoms with Crippen LogP contribution >= 0.6 is 34.8 Å². The van der Waals surface area contributed by atoms with E-state index < -0.39 is 11.3 Å². The van der Waals surface area contributed by atoms with Gasteiger partial charge in [-0.05, 0) is 36.6 Å². The van der Waals surface area contributed by atoms with Gasteiger partial charge in [-0.15, -0.1) is 0 Å². The zero-order valence-electron chi connectivity index (χ0n) is 13.1. The number of carbonyl (C=O) groups is 2. The Hall–Kier alpha value is -1.75. The van der Waals surface area contributed by atoms with E-state index >= 15 is 0 Å². The fraction of sp³-hybridized carbons (Fsp3) is 0.222. The van der Waals surface area contributed by atoms with E-state index in [1.807, 2.05) is 18.2 Å². The molecule has 0 aromatic heterocycles. The minimum Gasteiger partial charge on any atom is -0.351 e. The lowest BCUT2D eigenvalue weighted by molar-refractivity contribution is -0.134. The van der Waals surface area contributed by atoms with Gasteiger partial charge in [0.25, 0.3) is 0 Å². The number of benzene rings is 2. The average Bonchev–Trinajstić information content (AvgIpc) is 3.39. The molecule has 7 heteroatoms. The highest BCUT2D eigenvalue weighted by Crippen LogP contribution is 2.47. The molecule has 25 heavy (non-hydrogen) atoms. The Morgan fingerprint density at radius 2 is 1.48 bits per heavy atom. The van der Waals surface area contributed by atoms with Crippen molar-refractivity contribution in [2.75, 3.05) is 5.32 Å². The van der Waals surface area contributed by atoms with E-state index in [9.17, 15) is 9.59 Å². The van der Waals surface area contributed by atoms with Crippen molar-refractivity contribution in [1.29, 1.82) is 0 Å². The standard InChI is InChI=1S/C18H15Cl3N2O2/c19-12-5-2-1-4-11(12)10-22-16(24)18(8-9-18)17(25)23-15-13(20)6-3-7-14(15)21/h1-7H,8-10H2,(H,22,24)(H,23,25). The largest absolute Gasteiger partial charge is 0.351 e. The van der Waals surface area contributed by atoms with E-state index in [1.54, 1.807) is 24.3 Å². The molecule has 1 fully saturated rings. The number of amides is 2. The molecule has 0 unspecified atom stereocenters. The molecule has 2 N–H and O–H groups in total. The summed E-state index contributed by atoms with van der Waals surface area (Å²) in [6.07, 6.45) is 0.963. The van der Waals surface area contributed by atoms with Crippen LogP contribution in [-0.4, -0.2) is 11.8 Å². The van der Waals surface area contributed by atoms with Crippen LogP contribution in [0.2, 0.25) is 15.1 Å². The number of halogens is 3. The van der Waals surface area contributed by atoms with Crippen LogP contribution in [0.3, 0.4) is 0 Å². The van der Waals surface area contributed by atoms with Crippen LogP contribution < -0.4 is 10.6 Å². The highest BCUT2D eigenvalue weighted by molar-refractivity contribution is 6.40. The normalized spacial score (nSPS) is 14.7. The van der Waals surface area contributed by atoms with Crippen molar-refractivity contribution >= 4 is 52.3 Å². The minimum atomic E-state index is -1.08. The summed E-state index contributed by atoms with van der Waals surface area (Å²) in [6, 6.07) is 12.2. The second-order valence-corrected chi connectivity index (χ2v) is 7.13. The second-order valence-electron chi connectivity index (χ2n) is 5.91. The molecule has 0 atom stereocenters. The maximum atomic E-state index is 12.6. The van der Waals surface area contributed by atoms with E-state index in [4.69, 9.17) is 34.8 Å². The number of carbonyl (C=O) groups excluding carboxylic acids is 2. The molecule has 0 spiro atoms. The van der Waals surface area contributed by atoms with Gasteiger partial charge in [0.1, 0.15) is 5.41 Å². The van der Waals surface area contributed by atoms with Crippen molar-refractivity contribution in [3.05, 3.63) is 63.1 Å². The summed E-state index contributed by atoms with van der Waals surface area (Å²) in [5, 5.41) is 6.69. The highest BCUT2D eigenvalue weighted by atomic mass is 35.5. The van der Waals surface area contributed by atoms with Gasteiger partial charge in [0, 0.05) is 11.6 Å². The number of rotatable bonds is 5. The van der Waals surface area contributed by atoms with Crippen molar-refractivity contribution in [3.63, 3.8) is 0 Å². The first kappa shape index (κ1) is 18.1. The van der Waals surface area contributed by atoms with Crippen LogP contribution in [-0.2, 0) is 16.1 Å². The van der Waals surface area contributed by atoms with Crippen molar-refractivity contribution in [2.24, 2.45) is 5.41 Å². The number of nitrogens with one attached hydrogen (secondary N) is 2. The fourth-order valence-electron chi connectivity index (χ4n) is 2.52. The third-order valence-electron chi connectivity index (χ3n) is 4.22. The summed E-state index contributed by atoms with van der Waals surface area (Å²) in [4.78, 5) is 25.1. The summed E-state index contributed by atoms with van der Waals surface area (Å²) in [5.41, 5.74) is 0.0351. The lowest BCUT2D eigenvalue weighted by Crippen LogP contribution is -2.39. The van der Waals surface area contributed by atoms with Crippen LogP contribution in [0.15, 0.2) is 42.5 Å². The number of hydrogen-bond acceptors (Lipinski definition) is 2. The molecular weight excluding hydrogens is 383 g/mol. The molecule has 1 aliphatic carbocycles. The van der Waals surface area contributed by atoms with Crippen molar-refractivity contribution < 1.29 is 9.59 Å². The van der Waals surface area contributed by atoms with Gasteiger partial charge in [0.15, 0.2) is 0 Å². The van der Waals surface area contributed by atoms with Crippen molar-refractivity contribution in [2.45, 2.75) is 19.4 Å². The van der Waals surface area contributed by atoms with E-state index in [0.29, 0.717) is 33.6 Å². The highest BCUT2D eigenvalue weighted by Gasteiger charge is 2.56. The average molecular weight is 398 g/mol. The predicted octanol–water partition coefficient (Wildman–Crippen LogP) is 4.68. The number of anilines is 1. The lowest BCUT2D eigenvalue weighted by atomic mass is 10.0. The first-order valence-electron chi connectivity index (χ1n) is 7.71. The molecule has 130 valence electrons. The van der Waals surface area contributed by atoms with Crippen molar-refractivity contribution in [1.82, 2.24) is 5.32 Å². The third-order valence-corrected chi connectivity index (χ3v) is 5.22. The van der Waals surface area contributed by atoms with Gasteiger partial charge in [0.2, 0.25) is 11.8 Å². The molecule has 4 nitrogen and oxygen atoms in total. The Morgan fingerprint density at radius 1 is 0.880 bits per heavy atom. The van der Waals surface area contributed by atoms with Crippen LogP contribution in [0.1, 0.15) is 18.4 Å². The molecule has 2 aromatic carbocycles. The Kier molecular flexibility index (Phi) is 5.23. The van der Waals surface area contributed by atoms with Crippen LogP contribution in [0, 0.1) is 5.41 Å². The van der Waals surface area contributed by atoms with E-state index in [-0.39, 0.29) is 12.5 Å². The molecule has 2 aromatic rings. The Balaban J connectivity index is 1.68. The van der Waals surface area contributed by atoms with Gasteiger partial charge in [-0.2, -0.15) is 0 Å². The van der Waals surface area contributed by atoms with Gasteiger partial charge < -0.3 is 10.6 Å². The zero-order chi connectivity index (χ0) is 18.0. The van der Waals surface area contributed by atoms with Gasteiger partial charge in [-0.3, -0.25) is 9.59 Å². The molecule has 1 saturated carbocycles. The molecule has 2 amide bonds. The minimum absolute atomic E-state index is 0.264. The molecule has 1 aliphatic rings. The molecule has 0 aliphatic heterocycles. The van der Waals surface area contributed by atoms with E-state index in [0.717, 1.165) is 5.56 Å². The Labute approximate surface area is 160 Å². The molecule has 3 rings (SSSR count). The first-order valence-corrected chi connectivity index (χ1v) is 8.84. The summed E-state index contributed by atoms with van der Waals surface area (Å²) >= 11 is 18.2. The third kappa shape index (κ3) is 3.76. The number of para-hydroxylation sites is 1. The molecular formula is C18H15Cl3N2O2. The molecule has 0 bridgehead atoms. The van der Waals surface area contributed by atoms with Gasteiger partial charge in [0.05, 0.1) is 15.7 Å². The van der Waals surface area contributed by atoms with Crippen LogP contribution in [0.4, 0.5) is 5.69 Å². The fourth-order valence-corrected chi connectivity index (χ4v) is 3.21. The zero-order valence-corrected chi connectivity index (χ0v) is 15.4. The maximum Gasteiger partial charge on any atom is 0.240 e. The smallest absolute Gasteiger partial charge is 0.240 e. The van der Waals surface area contributed by atoms with Crippen molar-refractivity contribution in [3.8, 4) is 0 Å². The summed E-state index contributed by atoms with van der Waals surface area (Å²) in [7, 11) is 0. The van der Waals surface area contributed by atoms with Gasteiger partial charge >= 0.3 is 0 Å². The monoisotopic (exact) mass is 396 g/mol. The van der Waals surface area contributed by atoms with E-state index in [1.165, 1.54) is 0 Å². The maximum absolute atomic E-state index is 12.6. The summed E-state index contributed by atoms with van der Waals surface area (Å²) in [5.74, 6) is -0.729. The Morgan fingerprint density at radius 3 is 2.08 bits per heavy atom. The second kappa shape index (κ2) is 7.24. The quantitative estimate of drug-likeness (QED) is 0.720. The molecule has 0 radical (unpaired) electrons.